The Morgan fingerprint density at radius 1 is 1.03 bits per heavy atom. The van der Waals surface area contributed by atoms with Crippen molar-refractivity contribution in [2.75, 3.05) is 23.3 Å². The summed E-state index contributed by atoms with van der Waals surface area (Å²) in [5.41, 5.74) is 1.37. The van der Waals surface area contributed by atoms with Gasteiger partial charge in [0.25, 0.3) is 0 Å². The first-order valence-corrected chi connectivity index (χ1v) is 11.2. The van der Waals surface area contributed by atoms with Crippen LogP contribution in [0.4, 0.5) is 24.8 Å². The standard InChI is InChI=1S/C22H21BrF3N5/c23-19-10-17-18(11-27-19)29-21(28-14-2-3-14)22(30-17)31-7-5-12(6-8-31)20(26)15-4-1-13(24)9-16(15)25/h1,4,9-12,14,20H,2-3,5-8H2,(H,28,29)/t20-/m0/s1. The lowest BCUT2D eigenvalue weighted by Crippen LogP contribution is -2.36. The topological polar surface area (TPSA) is 53.9 Å². The molecule has 1 aromatic carbocycles. The minimum absolute atomic E-state index is 0.0706. The van der Waals surface area contributed by atoms with E-state index < -0.39 is 17.8 Å². The van der Waals surface area contributed by atoms with Gasteiger partial charge in [0, 0.05) is 30.8 Å². The van der Waals surface area contributed by atoms with Gasteiger partial charge < -0.3 is 10.2 Å². The number of hydrogen-bond acceptors (Lipinski definition) is 5. The van der Waals surface area contributed by atoms with Crippen LogP contribution in [0.25, 0.3) is 11.0 Å². The maximum atomic E-state index is 15.0. The second-order valence-electron chi connectivity index (χ2n) is 8.20. The van der Waals surface area contributed by atoms with E-state index in [2.05, 4.69) is 31.1 Å². The summed E-state index contributed by atoms with van der Waals surface area (Å²) in [7, 11) is 0. The van der Waals surface area contributed by atoms with Crippen molar-refractivity contribution in [1.29, 1.82) is 0 Å². The molecule has 0 spiro atoms. The molecule has 0 bridgehead atoms. The molecule has 0 radical (unpaired) electrons. The molecule has 2 aromatic heterocycles. The largest absolute Gasteiger partial charge is 0.364 e. The van der Waals surface area contributed by atoms with Crippen molar-refractivity contribution < 1.29 is 13.2 Å². The van der Waals surface area contributed by atoms with Gasteiger partial charge in [-0.15, -0.1) is 0 Å². The molecule has 162 valence electrons. The van der Waals surface area contributed by atoms with E-state index in [4.69, 9.17) is 9.97 Å². The van der Waals surface area contributed by atoms with E-state index in [1.165, 1.54) is 6.07 Å². The van der Waals surface area contributed by atoms with Crippen molar-refractivity contribution in [3.05, 3.63) is 52.3 Å². The molecule has 31 heavy (non-hydrogen) atoms. The zero-order chi connectivity index (χ0) is 21.5. The van der Waals surface area contributed by atoms with E-state index in [-0.39, 0.29) is 11.5 Å². The van der Waals surface area contributed by atoms with Crippen molar-refractivity contribution in [3.63, 3.8) is 0 Å². The van der Waals surface area contributed by atoms with Crippen LogP contribution >= 0.6 is 15.9 Å². The van der Waals surface area contributed by atoms with Gasteiger partial charge in [-0.05, 0) is 59.7 Å². The van der Waals surface area contributed by atoms with Gasteiger partial charge in [-0.25, -0.2) is 28.1 Å². The number of halogens is 4. The fourth-order valence-electron chi connectivity index (χ4n) is 4.05. The summed E-state index contributed by atoms with van der Waals surface area (Å²) in [5.74, 6) is -0.387. The van der Waals surface area contributed by atoms with Gasteiger partial charge in [0.15, 0.2) is 11.6 Å². The molecule has 1 aliphatic heterocycles. The Morgan fingerprint density at radius 2 is 1.81 bits per heavy atom. The van der Waals surface area contributed by atoms with Crippen LogP contribution in [-0.4, -0.2) is 34.1 Å². The van der Waals surface area contributed by atoms with Crippen LogP contribution in [-0.2, 0) is 0 Å². The molecule has 1 saturated heterocycles. The molecule has 5 rings (SSSR count). The highest BCUT2D eigenvalue weighted by atomic mass is 79.9. The molecule has 1 saturated carbocycles. The second-order valence-corrected chi connectivity index (χ2v) is 9.01. The summed E-state index contributed by atoms with van der Waals surface area (Å²) in [6, 6.07) is 5.29. The summed E-state index contributed by atoms with van der Waals surface area (Å²) in [5, 5.41) is 3.45. The molecule has 3 heterocycles. The predicted molar refractivity (Wildman–Crippen MR) is 117 cm³/mol. The zero-order valence-electron chi connectivity index (χ0n) is 16.7. The number of rotatable bonds is 5. The fourth-order valence-corrected chi connectivity index (χ4v) is 4.37. The van der Waals surface area contributed by atoms with Crippen LogP contribution in [0.15, 0.2) is 35.1 Å². The van der Waals surface area contributed by atoms with Crippen LogP contribution in [0, 0.1) is 17.6 Å². The fraction of sp³-hybridized carbons (Fsp3) is 0.409. The smallest absolute Gasteiger partial charge is 0.172 e. The Kier molecular flexibility index (Phi) is 5.45. The van der Waals surface area contributed by atoms with Crippen LogP contribution < -0.4 is 10.2 Å². The molecule has 0 amide bonds. The van der Waals surface area contributed by atoms with Gasteiger partial charge in [-0.1, -0.05) is 6.07 Å². The molecular formula is C22H21BrF3N5. The molecule has 3 aromatic rings. The quantitative estimate of drug-likeness (QED) is 0.473. The van der Waals surface area contributed by atoms with Crippen molar-refractivity contribution in [1.82, 2.24) is 15.0 Å². The molecule has 0 unspecified atom stereocenters. The molecule has 9 heteroatoms. The van der Waals surface area contributed by atoms with E-state index >= 15 is 4.39 Å². The average molecular weight is 492 g/mol. The lowest BCUT2D eigenvalue weighted by atomic mass is 9.88. The number of piperidine rings is 1. The zero-order valence-corrected chi connectivity index (χ0v) is 18.2. The minimum Gasteiger partial charge on any atom is -0.364 e. The van der Waals surface area contributed by atoms with E-state index in [0.717, 1.165) is 42.1 Å². The van der Waals surface area contributed by atoms with Gasteiger partial charge in [0.1, 0.15) is 27.9 Å². The van der Waals surface area contributed by atoms with Crippen LogP contribution in [0.1, 0.15) is 37.4 Å². The van der Waals surface area contributed by atoms with Gasteiger partial charge in [0.2, 0.25) is 0 Å². The molecule has 1 atom stereocenters. The first kappa shape index (κ1) is 20.5. The molecule has 2 fully saturated rings. The Labute approximate surface area is 186 Å². The highest BCUT2D eigenvalue weighted by Crippen LogP contribution is 2.38. The second kappa shape index (κ2) is 8.26. The molecular weight excluding hydrogens is 471 g/mol. The van der Waals surface area contributed by atoms with Crippen molar-refractivity contribution in [2.45, 2.75) is 37.9 Å². The van der Waals surface area contributed by atoms with Gasteiger partial charge in [-0.3, -0.25) is 0 Å². The average Bonchev–Trinajstić information content (AvgIpc) is 3.57. The summed E-state index contributed by atoms with van der Waals surface area (Å²) < 4.78 is 42.9. The predicted octanol–water partition coefficient (Wildman–Crippen LogP) is 5.57. The van der Waals surface area contributed by atoms with Crippen molar-refractivity contribution >= 4 is 38.6 Å². The van der Waals surface area contributed by atoms with E-state index in [0.29, 0.717) is 42.1 Å². The maximum Gasteiger partial charge on any atom is 0.172 e. The lowest BCUT2D eigenvalue weighted by molar-refractivity contribution is 0.193. The van der Waals surface area contributed by atoms with Crippen LogP contribution in [0.5, 0.6) is 0 Å². The third kappa shape index (κ3) is 4.33. The number of fused-ring (bicyclic) bond motifs is 1. The number of pyridine rings is 1. The van der Waals surface area contributed by atoms with Gasteiger partial charge in [-0.2, -0.15) is 0 Å². The number of aromatic nitrogens is 3. The minimum atomic E-state index is -1.46. The molecule has 1 aliphatic carbocycles. The van der Waals surface area contributed by atoms with E-state index in [1.54, 1.807) is 6.20 Å². The highest BCUT2D eigenvalue weighted by Gasteiger charge is 2.32. The van der Waals surface area contributed by atoms with Gasteiger partial charge >= 0.3 is 0 Å². The Bertz CT molecular complexity index is 1120. The summed E-state index contributed by atoms with van der Waals surface area (Å²) in [6.07, 6.45) is 3.52. The monoisotopic (exact) mass is 491 g/mol. The normalized spacial score (nSPS) is 18.4. The van der Waals surface area contributed by atoms with Gasteiger partial charge in [0.05, 0.1) is 11.7 Å². The Morgan fingerprint density at radius 3 is 2.52 bits per heavy atom. The first-order chi connectivity index (χ1) is 15.0. The number of nitrogens with one attached hydrogen (secondary N) is 1. The van der Waals surface area contributed by atoms with Crippen molar-refractivity contribution in [3.8, 4) is 0 Å². The lowest BCUT2D eigenvalue weighted by Gasteiger charge is -2.35. The van der Waals surface area contributed by atoms with E-state index in [1.807, 2.05) is 6.07 Å². The third-order valence-electron chi connectivity index (χ3n) is 5.93. The number of anilines is 2. The number of nitrogens with zero attached hydrogens (tertiary/aromatic N) is 4. The number of hydrogen-bond donors (Lipinski definition) is 1. The maximum absolute atomic E-state index is 15.0. The molecule has 1 N–H and O–H groups in total. The van der Waals surface area contributed by atoms with E-state index in [9.17, 15) is 8.78 Å². The SMILES string of the molecule is Fc1ccc([C@@H](F)C2CCN(c3nc4cc(Br)ncc4nc3NC3CC3)CC2)c(F)c1. The Hall–Kier alpha value is -2.42. The Balaban J connectivity index is 1.36. The first-order valence-electron chi connectivity index (χ1n) is 10.4. The molecule has 5 nitrogen and oxygen atoms in total. The van der Waals surface area contributed by atoms with Crippen LogP contribution in [0.3, 0.4) is 0 Å². The van der Waals surface area contributed by atoms with Crippen molar-refractivity contribution in [2.24, 2.45) is 5.92 Å². The third-order valence-corrected chi connectivity index (χ3v) is 6.36. The molecule has 2 aliphatic rings. The summed E-state index contributed by atoms with van der Waals surface area (Å²) in [4.78, 5) is 15.9. The summed E-state index contributed by atoms with van der Waals surface area (Å²) in [6.45, 7) is 1.17. The number of benzene rings is 1. The highest BCUT2D eigenvalue weighted by molar-refractivity contribution is 9.10. The summed E-state index contributed by atoms with van der Waals surface area (Å²) >= 11 is 3.37. The van der Waals surface area contributed by atoms with Crippen LogP contribution in [0.2, 0.25) is 0 Å². The number of alkyl halides is 1.